The van der Waals surface area contributed by atoms with Gasteiger partial charge in [-0.05, 0) is 37.8 Å². The van der Waals surface area contributed by atoms with Gasteiger partial charge in [0, 0.05) is 25.0 Å². The van der Waals surface area contributed by atoms with Gasteiger partial charge >= 0.3 is 0 Å². The Bertz CT molecular complexity index is 397. The highest BCUT2D eigenvalue weighted by molar-refractivity contribution is 7.09. The molecule has 0 radical (unpaired) electrons. The van der Waals surface area contributed by atoms with E-state index in [2.05, 4.69) is 17.2 Å². The monoisotopic (exact) mass is 353 g/mol. The third kappa shape index (κ3) is 6.51. The van der Waals surface area contributed by atoms with Gasteiger partial charge in [0.1, 0.15) is 5.01 Å². The normalized spacial score (nSPS) is 16.5. The standard InChI is InChI=1S/C14H23N3OS.2ClH/c1-11(12-3-5-15-6-4-12)9-14(18)17(2)10-13-16-7-8-19-13;;/h7-8,11-12,15H,3-6,9-10H2,1-2H3;2*1H. The summed E-state index contributed by atoms with van der Waals surface area (Å²) in [5.74, 6) is 1.41. The van der Waals surface area contributed by atoms with Crippen molar-refractivity contribution in [3.8, 4) is 0 Å². The first kappa shape index (κ1) is 20.6. The molecule has 0 bridgehead atoms. The minimum atomic E-state index is 0. The van der Waals surface area contributed by atoms with Crippen LogP contribution in [-0.4, -0.2) is 35.9 Å². The minimum Gasteiger partial charge on any atom is -0.339 e. The van der Waals surface area contributed by atoms with E-state index in [1.54, 1.807) is 22.4 Å². The van der Waals surface area contributed by atoms with E-state index in [0.717, 1.165) is 18.1 Å². The highest BCUT2D eigenvalue weighted by atomic mass is 35.5. The molecule has 1 fully saturated rings. The van der Waals surface area contributed by atoms with Crippen LogP contribution in [-0.2, 0) is 11.3 Å². The van der Waals surface area contributed by atoms with Crippen LogP contribution in [0.5, 0.6) is 0 Å². The van der Waals surface area contributed by atoms with Crippen LogP contribution >= 0.6 is 36.2 Å². The third-order valence-electron chi connectivity index (χ3n) is 3.97. The van der Waals surface area contributed by atoms with Crippen molar-refractivity contribution in [2.24, 2.45) is 11.8 Å². The average Bonchev–Trinajstić information content (AvgIpc) is 2.92. The van der Waals surface area contributed by atoms with Gasteiger partial charge in [0.05, 0.1) is 6.54 Å². The lowest BCUT2D eigenvalue weighted by atomic mass is 9.84. The summed E-state index contributed by atoms with van der Waals surface area (Å²) >= 11 is 1.60. The van der Waals surface area contributed by atoms with E-state index >= 15 is 0 Å². The van der Waals surface area contributed by atoms with Gasteiger partial charge in [-0.1, -0.05) is 6.92 Å². The molecule has 1 aliphatic heterocycles. The highest BCUT2D eigenvalue weighted by Crippen LogP contribution is 2.25. The summed E-state index contributed by atoms with van der Waals surface area (Å²) in [4.78, 5) is 18.2. The van der Waals surface area contributed by atoms with Gasteiger partial charge in [-0.3, -0.25) is 4.79 Å². The number of amides is 1. The highest BCUT2D eigenvalue weighted by Gasteiger charge is 2.23. The number of aromatic nitrogens is 1. The molecular formula is C14H25Cl2N3OS. The lowest BCUT2D eigenvalue weighted by Gasteiger charge is -2.29. The fourth-order valence-electron chi connectivity index (χ4n) is 2.63. The number of thiazole rings is 1. The Labute approximate surface area is 143 Å². The molecule has 2 rings (SSSR count). The van der Waals surface area contributed by atoms with Crippen LogP contribution in [0.3, 0.4) is 0 Å². The Morgan fingerprint density at radius 1 is 1.48 bits per heavy atom. The Hall–Kier alpha value is -0.360. The van der Waals surface area contributed by atoms with Crippen LogP contribution in [0.25, 0.3) is 0 Å². The maximum atomic E-state index is 12.2. The SMILES string of the molecule is CC(CC(=O)N(C)Cc1nccs1)C1CCNCC1.Cl.Cl. The van der Waals surface area contributed by atoms with Crippen molar-refractivity contribution >= 4 is 42.1 Å². The second kappa shape index (κ2) is 10.4. The molecule has 0 saturated carbocycles. The average molecular weight is 354 g/mol. The van der Waals surface area contributed by atoms with Crippen LogP contribution in [0.2, 0.25) is 0 Å². The van der Waals surface area contributed by atoms with Gasteiger partial charge < -0.3 is 10.2 Å². The number of nitrogens with zero attached hydrogens (tertiary/aromatic N) is 2. The second-order valence-corrected chi connectivity index (χ2v) is 6.42. The fraction of sp³-hybridized carbons (Fsp3) is 0.714. The summed E-state index contributed by atoms with van der Waals surface area (Å²) in [7, 11) is 1.87. The van der Waals surface area contributed by atoms with Gasteiger partial charge in [0.15, 0.2) is 0 Å². The summed E-state index contributed by atoms with van der Waals surface area (Å²) < 4.78 is 0. The molecule has 2 heterocycles. The number of hydrogen-bond acceptors (Lipinski definition) is 4. The Morgan fingerprint density at radius 2 is 2.14 bits per heavy atom. The number of hydrogen-bond donors (Lipinski definition) is 1. The first-order valence-corrected chi connectivity index (χ1v) is 7.88. The van der Waals surface area contributed by atoms with E-state index in [9.17, 15) is 4.79 Å². The number of carbonyl (C=O) groups excluding carboxylic acids is 1. The smallest absolute Gasteiger partial charge is 0.222 e. The number of halogens is 2. The Morgan fingerprint density at radius 3 is 2.71 bits per heavy atom. The van der Waals surface area contributed by atoms with Gasteiger partial charge in [0.25, 0.3) is 0 Å². The lowest BCUT2D eigenvalue weighted by molar-refractivity contribution is -0.131. The van der Waals surface area contributed by atoms with Crippen molar-refractivity contribution in [1.29, 1.82) is 0 Å². The molecular weight excluding hydrogens is 329 g/mol. The zero-order chi connectivity index (χ0) is 13.7. The molecule has 4 nitrogen and oxygen atoms in total. The number of carbonyl (C=O) groups is 1. The van der Waals surface area contributed by atoms with E-state index in [1.807, 2.05) is 12.4 Å². The molecule has 1 saturated heterocycles. The fourth-order valence-corrected chi connectivity index (χ4v) is 3.30. The van der Waals surface area contributed by atoms with E-state index in [4.69, 9.17) is 0 Å². The molecule has 0 aliphatic carbocycles. The molecule has 1 aromatic heterocycles. The largest absolute Gasteiger partial charge is 0.339 e. The van der Waals surface area contributed by atoms with Gasteiger partial charge in [0.2, 0.25) is 5.91 Å². The lowest BCUT2D eigenvalue weighted by Crippen LogP contribution is -2.34. The molecule has 1 N–H and O–H groups in total. The molecule has 7 heteroatoms. The first-order valence-electron chi connectivity index (χ1n) is 7.00. The zero-order valence-corrected chi connectivity index (χ0v) is 15.0. The minimum absolute atomic E-state index is 0. The van der Waals surface area contributed by atoms with Crippen LogP contribution < -0.4 is 5.32 Å². The maximum Gasteiger partial charge on any atom is 0.222 e. The third-order valence-corrected chi connectivity index (χ3v) is 4.73. The Balaban J connectivity index is 0.00000200. The quantitative estimate of drug-likeness (QED) is 0.884. The van der Waals surface area contributed by atoms with E-state index in [-0.39, 0.29) is 30.7 Å². The van der Waals surface area contributed by atoms with E-state index < -0.39 is 0 Å². The van der Waals surface area contributed by atoms with Crippen LogP contribution in [0, 0.1) is 11.8 Å². The van der Waals surface area contributed by atoms with E-state index in [0.29, 0.717) is 24.8 Å². The molecule has 1 unspecified atom stereocenters. The maximum absolute atomic E-state index is 12.2. The van der Waals surface area contributed by atoms with Crippen LogP contribution in [0.15, 0.2) is 11.6 Å². The number of rotatable bonds is 5. The molecule has 21 heavy (non-hydrogen) atoms. The van der Waals surface area contributed by atoms with Crippen LogP contribution in [0.1, 0.15) is 31.2 Å². The summed E-state index contributed by atoms with van der Waals surface area (Å²) in [5.41, 5.74) is 0. The summed E-state index contributed by atoms with van der Waals surface area (Å²) in [5, 5.41) is 6.33. The summed E-state index contributed by atoms with van der Waals surface area (Å²) in [6, 6.07) is 0. The number of piperidine rings is 1. The van der Waals surface area contributed by atoms with Crippen molar-refractivity contribution in [2.45, 2.75) is 32.7 Å². The molecule has 1 aliphatic rings. The van der Waals surface area contributed by atoms with Crippen molar-refractivity contribution in [1.82, 2.24) is 15.2 Å². The van der Waals surface area contributed by atoms with E-state index in [1.165, 1.54) is 12.8 Å². The van der Waals surface area contributed by atoms with Crippen molar-refractivity contribution in [3.05, 3.63) is 16.6 Å². The molecule has 0 aromatic carbocycles. The van der Waals surface area contributed by atoms with Gasteiger partial charge in [-0.2, -0.15) is 0 Å². The summed E-state index contributed by atoms with van der Waals surface area (Å²) in [6.45, 7) is 5.04. The predicted octanol–water partition coefficient (Wildman–Crippen LogP) is 2.97. The molecule has 0 spiro atoms. The van der Waals surface area contributed by atoms with Crippen LogP contribution in [0.4, 0.5) is 0 Å². The molecule has 1 atom stereocenters. The first-order chi connectivity index (χ1) is 9.16. The summed E-state index contributed by atoms with van der Waals surface area (Å²) in [6.07, 6.45) is 4.85. The second-order valence-electron chi connectivity index (χ2n) is 5.44. The predicted molar refractivity (Wildman–Crippen MR) is 92.5 cm³/mol. The topological polar surface area (TPSA) is 45.2 Å². The Kier molecular flexibility index (Phi) is 10.2. The van der Waals surface area contributed by atoms with Gasteiger partial charge in [-0.15, -0.1) is 36.2 Å². The molecule has 122 valence electrons. The van der Waals surface area contributed by atoms with Crippen molar-refractivity contribution in [2.75, 3.05) is 20.1 Å². The van der Waals surface area contributed by atoms with Crippen molar-refractivity contribution < 1.29 is 4.79 Å². The molecule has 1 amide bonds. The molecule has 1 aromatic rings. The van der Waals surface area contributed by atoms with Gasteiger partial charge in [-0.25, -0.2) is 4.98 Å². The zero-order valence-electron chi connectivity index (χ0n) is 12.6. The van der Waals surface area contributed by atoms with Crippen molar-refractivity contribution in [3.63, 3.8) is 0 Å². The number of nitrogens with one attached hydrogen (secondary N) is 1.